The van der Waals surface area contributed by atoms with E-state index in [9.17, 15) is 4.79 Å². The molecule has 5 nitrogen and oxygen atoms in total. The van der Waals surface area contributed by atoms with Crippen LogP contribution >= 0.6 is 22.9 Å². The zero-order chi connectivity index (χ0) is 15.5. The number of hydrogen-bond acceptors (Lipinski definition) is 5. The van der Waals surface area contributed by atoms with Crippen LogP contribution in [0, 0.1) is 5.41 Å². The molecular weight excluding hydrogens is 381 g/mol. The van der Waals surface area contributed by atoms with Crippen molar-refractivity contribution < 1.29 is 9.53 Å². The predicted molar refractivity (Wildman–Crippen MR) is 89.7 cm³/mol. The van der Waals surface area contributed by atoms with Crippen LogP contribution in [0.25, 0.3) is 0 Å². The maximum atomic E-state index is 13.0. The van der Waals surface area contributed by atoms with Crippen molar-refractivity contribution in [2.24, 2.45) is 5.41 Å². The third kappa shape index (κ3) is 2.09. The van der Waals surface area contributed by atoms with E-state index in [1.54, 1.807) is 0 Å². The third-order valence-corrected chi connectivity index (χ3v) is 7.29. The van der Waals surface area contributed by atoms with Gasteiger partial charge in [0, 0.05) is 28.3 Å². The Hall–Kier alpha value is 0.0800. The molecule has 120 valence electrons. The molecular formula is C15H26IN3O2. The summed E-state index contributed by atoms with van der Waals surface area (Å²) >= 11 is 2.06. The Bertz CT molecular complexity index is 456. The van der Waals surface area contributed by atoms with E-state index < -0.39 is 5.54 Å². The van der Waals surface area contributed by atoms with Gasteiger partial charge < -0.3 is 4.74 Å². The molecule has 3 fully saturated rings. The molecule has 1 unspecified atom stereocenters. The minimum atomic E-state index is -0.725. The number of nitrogens with one attached hydrogen (secondary N) is 3. The van der Waals surface area contributed by atoms with E-state index in [1.807, 2.05) is 6.92 Å². The van der Waals surface area contributed by atoms with Gasteiger partial charge in [0.15, 0.2) is 5.54 Å². The molecule has 1 saturated carbocycles. The molecule has 3 aliphatic rings. The maximum Gasteiger partial charge on any atom is 0.330 e. The summed E-state index contributed by atoms with van der Waals surface area (Å²) in [4.78, 5) is 13.0. The van der Waals surface area contributed by atoms with Crippen molar-refractivity contribution in [1.82, 2.24) is 14.2 Å². The molecule has 21 heavy (non-hydrogen) atoms. The Labute approximate surface area is 140 Å². The van der Waals surface area contributed by atoms with E-state index in [4.69, 9.17) is 4.74 Å². The van der Waals surface area contributed by atoms with Crippen LogP contribution in [0.3, 0.4) is 0 Å². The standard InChI is InChI=1S/C15H26IN3O2/c1-5-12(2,3)14(8-6-7-9-14)21-11(20)13(4,19-16)15-10(17-15)18-15/h10,17-19H,5-9H2,1-4H3. The Morgan fingerprint density at radius 2 is 1.86 bits per heavy atom. The fourth-order valence-electron chi connectivity index (χ4n) is 3.69. The smallest absolute Gasteiger partial charge is 0.330 e. The zero-order valence-corrected chi connectivity index (χ0v) is 15.5. The molecule has 1 atom stereocenters. The molecule has 3 rings (SSSR count). The molecule has 3 N–H and O–H groups in total. The van der Waals surface area contributed by atoms with Crippen LogP contribution in [-0.4, -0.2) is 28.9 Å². The van der Waals surface area contributed by atoms with Crippen LogP contribution in [0.2, 0.25) is 0 Å². The maximum absolute atomic E-state index is 13.0. The molecule has 2 saturated heterocycles. The number of fused-ring (bicyclic) bond motifs is 1. The number of esters is 1. The highest BCUT2D eigenvalue weighted by atomic mass is 127. The topological polar surface area (TPSA) is 82.2 Å². The van der Waals surface area contributed by atoms with Crippen LogP contribution < -0.4 is 14.2 Å². The van der Waals surface area contributed by atoms with Crippen LogP contribution in [0.5, 0.6) is 0 Å². The van der Waals surface area contributed by atoms with Crippen molar-refractivity contribution in [2.45, 2.75) is 82.8 Å². The zero-order valence-electron chi connectivity index (χ0n) is 13.3. The summed E-state index contributed by atoms with van der Waals surface area (Å²) in [5.74, 6) is -0.139. The largest absolute Gasteiger partial charge is 0.457 e. The lowest BCUT2D eigenvalue weighted by Gasteiger charge is -2.45. The summed E-state index contributed by atoms with van der Waals surface area (Å²) in [7, 11) is 0. The van der Waals surface area contributed by atoms with Gasteiger partial charge in [0.1, 0.15) is 11.3 Å². The Morgan fingerprint density at radius 3 is 2.24 bits per heavy atom. The number of hydrogen-bond donors (Lipinski definition) is 3. The second-order valence-corrected chi connectivity index (χ2v) is 8.12. The van der Waals surface area contributed by atoms with E-state index in [2.05, 4.69) is 57.8 Å². The van der Waals surface area contributed by atoms with Gasteiger partial charge in [-0.2, -0.15) is 0 Å². The SMILES string of the molecule is CCC(C)(C)C1(OC(=O)C(C)(NI)C23NC2N3)CCCC1. The average molecular weight is 407 g/mol. The number of halogens is 1. The third-order valence-electron chi connectivity index (χ3n) is 6.21. The first kappa shape index (κ1) is 16.0. The van der Waals surface area contributed by atoms with Gasteiger partial charge in [-0.3, -0.25) is 10.6 Å². The molecule has 6 heteroatoms. The molecule has 0 bridgehead atoms. The number of carbonyl (C=O) groups is 1. The lowest BCUT2D eigenvalue weighted by atomic mass is 9.71. The number of carbonyl (C=O) groups excluding carboxylic acids is 1. The molecule has 0 aromatic rings. The Morgan fingerprint density at radius 1 is 1.33 bits per heavy atom. The van der Waals surface area contributed by atoms with Crippen LogP contribution in [0.4, 0.5) is 0 Å². The molecule has 0 amide bonds. The summed E-state index contributed by atoms with van der Waals surface area (Å²) in [6.07, 6.45) is 5.53. The minimum Gasteiger partial charge on any atom is -0.457 e. The van der Waals surface area contributed by atoms with Gasteiger partial charge in [-0.05, 0) is 39.0 Å². The molecule has 0 spiro atoms. The second kappa shape index (κ2) is 4.79. The Balaban J connectivity index is 1.81. The highest BCUT2D eigenvalue weighted by Gasteiger charge is 2.81. The summed E-state index contributed by atoms with van der Waals surface area (Å²) in [6.45, 7) is 8.57. The van der Waals surface area contributed by atoms with E-state index in [0.29, 0.717) is 0 Å². The molecule has 0 aromatic carbocycles. The van der Waals surface area contributed by atoms with Crippen molar-refractivity contribution in [1.29, 1.82) is 0 Å². The van der Waals surface area contributed by atoms with E-state index in [-0.39, 0.29) is 28.8 Å². The molecule has 1 aliphatic carbocycles. The van der Waals surface area contributed by atoms with Gasteiger partial charge in [-0.15, -0.1) is 0 Å². The van der Waals surface area contributed by atoms with Gasteiger partial charge in [0.05, 0.1) is 6.17 Å². The van der Waals surface area contributed by atoms with E-state index in [0.717, 1.165) is 32.1 Å². The second-order valence-electron chi connectivity index (χ2n) is 7.58. The fourth-order valence-corrected chi connectivity index (χ4v) is 4.33. The molecule has 2 aliphatic heterocycles. The van der Waals surface area contributed by atoms with E-state index in [1.165, 1.54) is 0 Å². The van der Waals surface area contributed by atoms with Crippen molar-refractivity contribution in [3.8, 4) is 0 Å². The van der Waals surface area contributed by atoms with Gasteiger partial charge >= 0.3 is 5.97 Å². The summed E-state index contributed by atoms with van der Waals surface area (Å²) in [5, 5.41) is 6.58. The van der Waals surface area contributed by atoms with Crippen molar-refractivity contribution in [3.63, 3.8) is 0 Å². The van der Waals surface area contributed by atoms with Crippen LogP contribution in [0.1, 0.15) is 59.8 Å². The highest BCUT2D eigenvalue weighted by Crippen LogP contribution is 2.52. The normalized spacial score (nSPS) is 35.8. The molecule has 2 heterocycles. The van der Waals surface area contributed by atoms with Crippen LogP contribution in [-0.2, 0) is 9.53 Å². The first-order valence-corrected chi connectivity index (χ1v) is 9.01. The summed E-state index contributed by atoms with van der Waals surface area (Å²) in [6, 6.07) is 0. The Kier molecular flexibility index (Phi) is 3.64. The first-order valence-electron chi connectivity index (χ1n) is 7.94. The van der Waals surface area contributed by atoms with Gasteiger partial charge in [-0.25, -0.2) is 8.32 Å². The van der Waals surface area contributed by atoms with Gasteiger partial charge in [-0.1, -0.05) is 20.8 Å². The van der Waals surface area contributed by atoms with Gasteiger partial charge in [0.2, 0.25) is 0 Å². The van der Waals surface area contributed by atoms with Crippen molar-refractivity contribution >= 4 is 28.8 Å². The monoisotopic (exact) mass is 407 g/mol. The quantitative estimate of drug-likeness (QED) is 0.272. The number of rotatable bonds is 6. The minimum absolute atomic E-state index is 0.0103. The molecule has 0 aromatic heterocycles. The highest BCUT2D eigenvalue weighted by molar-refractivity contribution is 14.1. The summed E-state index contributed by atoms with van der Waals surface area (Å²) < 4.78 is 9.37. The number of ether oxygens (including phenoxy) is 1. The fraction of sp³-hybridized carbons (Fsp3) is 0.933. The first-order chi connectivity index (χ1) is 9.77. The van der Waals surface area contributed by atoms with Crippen LogP contribution in [0.15, 0.2) is 0 Å². The van der Waals surface area contributed by atoms with Crippen molar-refractivity contribution in [2.75, 3.05) is 0 Å². The summed E-state index contributed by atoms with van der Waals surface area (Å²) in [5.41, 5.74) is -1.32. The molecule has 0 radical (unpaired) electrons. The average Bonchev–Trinajstić information content (AvgIpc) is 3.27. The predicted octanol–water partition coefficient (Wildman–Crippen LogP) is 2.21. The van der Waals surface area contributed by atoms with E-state index >= 15 is 0 Å². The van der Waals surface area contributed by atoms with Gasteiger partial charge in [0.25, 0.3) is 0 Å². The lowest BCUT2D eigenvalue weighted by molar-refractivity contribution is -0.181. The lowest BCUT2D eigenvalue weighted by Crippen LogP contribution is -2.61. The van der Waals surface area contributed by atoms with Crippen molar-refractivity contribution in [3.05, 3.63) is 0 Å².